The molecule has 4 aromatic rings. The Labute approximate surface area is 192 Å². The Morgan fingerprint density at radius 2 is 1.88 bits per heavy atom. The molecule has 0 aliphatic carbocycles. The number of hydrogen-bond donors (Lipinski definition) is 2. The largest absolute Gasteiger partial charge is 0.497 e. The molecule has 0 saturated heterocycles. The second-order valence-corrected chi connectivity index (χ2v) is 8.17. The van der Waals surface area contributed by atoms with Crippen molar-refractivity contribution < 1.29 is 19.0 Å². The number of carboxylic acid groups (broad SMARTS) is 1. The number of carbonyl (C=O) groups is 1. The van der Waals surface area contributed by atoms with Crippen molar-refractivity contribution >= 4 is 16.9 Å². The molecule has 2 N–H and O–H groups in total. The van der Waals surface area contributed by atoms with Crippen molar-refractivity contribution in [2.75, 3.05) is 13.7 Å². The van der Waals surface area contributed by atoms with Crippen LogP contribution in [0.15, 0.2) is 72.8 Å². The number of rotatable bonds is 9. The van der Waals surface area contributed by atoms with Crippen LogP contribution in [0.25, 0.3) is 10.9 Å². The van der Waals surface area contributed by atoms with E-state index in [0.717, 1.165) is 10.9 Å². The third kappa shape index (κ3) is 4.91. The van der Waals surface area contributed by atoms with Gasteiger partial charge in [0.2, 0.25) is 0 Å². The fraction of sp³-hybridized carbons (Fsp3) is 0.222. The van der Waals surface area contributed by atoms with E-state index in [1.54, 1.807) is 23.8 Å². The smallest absolute Gasteiger partial charge is 0.352 e. The average molecular weight is 447 g/mol. The van der Waals surface area contributed by atoms with Gasteiger partial charge in [0, 0.05) is 36.7 Å². The molecule has 0 bridgehead atoms. The van der Waals surface area contributed by atoms with Crippen LogP contribution >= 0.6 is 0 Å². The van der Waals surface area contributed by atoms with E-state index in [4.69, 9.17) is 4.74 Å². The van der Waals surface area contributed by atoms with E-state index in [0.29, 0.717) is 30.0 Å². The lowest BCUT2D eigenvalue weighted by molar-refractivity contribution is 0.0684. The molecule has 5 nitrogen and oxygen atoms in total. The molecule has 6 heteroatoms. The van der Waals surface area contributed by atoms with Crippen LogP contribution in [-0.2, 0) is 13.1 Å². The second-order valence-electron chi connectivity index (χ2n) is 8.17. The predicted octanol–water partition coefficient (Wildman–Crippen LogP) is 5.43. The van der Waals surface area contributed by atoms with Crippen molar-refractivity contribution in [2.45, 2.75) is 25.9 Å². The molecule has 1 atom stereocenters. The summed E-state index contributed by atoms with van der Waals surface area (Å²) in [6, 6.07) is 22.0. The summed E-state index contributed by atoms with van der Waals surface area (Å²) >= 11 is 0. The van der Waals surface area contributed by atoms with Crippen LogP contribution in [0.5, 0.6) is 5.75 Å². The number of fused-ring (bicyclic) bond motifs is 1. The molecule has 0 saturated carbocycles. The van der Waals surface area contributed by atoms with E-state index in [9.17, 15) is 14.3 Å². The maximum Gasteiger partial charge on any atom is 0.352 e. The number of hydrogen-bond acceptors (Lipinski definition) is 3. The lowest BCUT2D eigenvalue weighted by Gasteiger charge is -2.14. The van der Waals surface area contributed by atoms with E-state index >= 15 is 0 Å². The topological polar surface area (TPSA) is 63.5 Å². The molecule has 0 radical (unpaired) electrons. The molecule has 1 aromatic heterocycles. The van der Waals surface area contributed by atoms with Crippen molar-refractivity contribution in [3.8, 4) is 5.75 Å². The molecular formula is C27H27FN2O3. The van der Waals surface area contributed by atoms with E-state index in [1.807, 2.05) is 36.4 Å². The minimum absolute atomic E-state index is 0.197. The molecule has 0 spiro atoms. The van der Waals surface area contributed by atoms with Gasteiger partial charge in [0.15, 0.2) is 0 Å². The monoisotopic (exact) mass is 446 g/mol. The van der Waals surface area contributed by atoms with Crippen molar-refractivity contribution in [1.82, 2.24) is 9.88 Å². The number of carboxylic acids is 1. The van der Waals surface area contributed by atoms with Gasteiger partial charge in [0.25, 0.3) is 0 Å². The van der Waals surface area contributed by atoms with Gasteiger partial charge in [-0.15, -0.1) is 0 Å². The van der Waals surface area contributed by atoms with Crippen molar-refractivity contribution in [2.24, 2.45) is 0 Å². The Morgan fingerprint density at radius 3 is 2.58 bits per heavy atom. The highest BCUT2D eigenvalue weighted by atomic mass is 19.1. The summed E-state index contributed by atoms with van der Waals surface area (Å²) in [6.45, 7) is 3.48. The van der Waals surface area contributed by atoms with E-state index in [-0.39, 0.29) is 24.0 Å². The van der Waals surface area contributed by atoms with Gasteiger partial charge in [-0.05, 0) is 41.3 Å². The standard InChI is InChI=1S/C27H27FN2O3/c1-18(20-8-4-3-5-9-20)15-29-16-24-23-12-11-22(33-2)14-25(23)30(26(24)27(31)32)17-19-7-6-10-21(28)13-19/h3-14,18,29H,15-17H2,1-2H3,(H,31,32)/t18-/m1/s1. The van der Waals surface area contributed by atoms with Gasteiger partial charge in [-0.1, -0.05) is 49.4 Å². The summed E-state index contributed by atoms with van der Waals surface area (Å²) in [5.41, 5.74) is 3.55. The summed E-state index contributed by atoms with van der Waals surface area (Å²) in [5.74, 6) is -0.459. The number of ether oxygens (including phenoxy) is 1. The number of aromatic nitrogens is 1. The molecule has 0 amide bonds. The maximum absolute atomic E-state index is 13.8. The Kier molecular flexibility index (Phi) is 6.75. The zero-order chi connectivity index (χ0) is 23.4. The van der Waals surface area contributed by atoms with E-state index in [1.165, 1.54) is 17.7 Å². The lowest BCUT2D eigenvalue weighted by Crippen LogP contribution is -2.21. The molecule has 0 unspecified atom stereocenters. The van der Waals surface area contributed by atoms with Crippen LogP contribution in [0, 0.1) is 5.82 Å². The van der Waals surface area contributed by atoms with Gasteiger partial charge in [0.1, 0.15) is 17.3 Å². The van der Waals surface area contributed by atoms with Crippen LogP contribution in [0.1, 0.15) is 40.0 Å². The van der Waals surface area contributed by atoms with Gasteiger partial charge in [-0.3, -0.25) is 0 Å². The highest BCUT2D eigenvalue weighted by Crippen LogP contribution is 2.31. The van der Waals surface area contributed by atoms with Crippen LogP contribution < -0.4 is 10.1 Å². The summed E-state index contributed by atoms with van der Waals surface area (Å²) in [7, 11) is 1.58. The van der Waals surface area contributed by atoms with Gasteiger partial charge in [-0.25, -0.2) is 9.18 Å². The summed E-state index contributed by atoms with van der Waals surface area (Å²) in [5, 5.41) is 14.4. The fourth-order valence-electron chi connectivity index (χ4n) is 4.25. The summed E-state index contributed by atoms with van der Waals surface area (Å²) in [4.78, 5) is 12.4. The minimum Gasteiger partial charge on any atom is -0.497 e. The van der Waals surface area contributed by atoms with Gasteiger partial charge >= 0.3 is 5.97 Å². The van der Waals surface area contributed by atoms with E-state index in [2.05, 4.69) is 24.4 Å². The first-order valence-electron chi connectivity index (χ1n) is 10.9. The fourth-order valence-corrected chi connectivity index (χ4v) is 4.25. The number of aromatic carboxylic acids is 1. The predicted molar refractivity (Wildman–Crippen MR) is 128 cm³/mol. The second kappa shape index (κ2) is 9.88. The first kappa shape index (κ1) is 22.6. The van der Waals surface area contributed by atoms with Crippen LogP contribution in [0.4, 0.5) is 4.39 Å². The van der Waals surface area contributed by atoms with Crippen LogP contribution in [0.3, 0.4) is 0 Å². The number of methoxy groups -OCH3 is 1. The number of nitrogens with zero attached hydrogens (tertiary/aromatic N) is 1. The van der Waals surface area contributed by atoms with Crippen LogP contribution in [0.2, 0.25) is 0 Å². The Bertz CT molecular complexity index is 1270. The number of halogens is 1. The number of benzene rings is 3. The third-order valence-electron chi connectivity index (χ3n) is 5.93. The van der Waals surface area contributed by atoms with E-state index < -0.39 is 5.97 Å². The highest BCUT2D eigenvalue weighted by Gasteiger charge is 2.23. The van der Waals surface area contributed by atoms with Gasteiger partial charge < -0.3 is 19.7 Å². The molecule has 170 valence electrons. The maximum atomic E-state index is 13.8. The van der Waals surface area contributed by atoms with Crippen molar-refractivity contribution in [1.29, 1.82) is 0 Å². The molecule has 3 aromatic carbocycles. The Hall–Kier alpha value is -3.64. The molecule has 0 fully saturated rings. The SMILES string of the molecule is COc1ccc2c(CNC[C@@H](C)c3ccccc3)c(C(=O)O)n(Cc3cccc(F)c3)c2c1. The normalized spacial score (nSPS) is 12.1. The zero-order valence-electron chi connectivity index (χ0n) is 18.7. The first-order valence-corrected chi connectivity index (χ1v) is 10.9. The molecule has 0 aliphatic heterocycles. The van der Waals surface area contributed by atoms with Gasteiger partial charge in [0.05, 0.1) is 12.6 Å². The Balaban J connectivity index is 1.70. The van der Waals surface area contributed by atoms with Crippen molar-refractivity contribution in [3.63, 3.8) is 0 Å². The van der Waals surface area contributed by atoms with Gasteiger partial charge in [-0.2, -0.15) is 0 Å². The third-order valence-corrected chi connectivity index (χ3v) is 5.93. The Morgan fingerprint density at radius 1 is 1.09 bits per heavy atom. The minimum atomic E-state index is -1.02. The zero-order valence-corrected chi connectivity index (χ0v) is 18.7. The van der Waals surface area contributed by atoms with Crippen LogP contribution in [-0.4, -0.2) is 29.3 Å². The summed E-state index contributed by atoms with van der Waals surface area (Å²) < 4.78 is 20.9. The molecular weight excluding hydrogens is 419 g/mol. The quantitative estimate of drug-likeness (QED) is 0.360. The highest BCUT2D eigenvalue weighted by molar-refractivity contribution is 5.98. The average Bonchev–Trinajstić information content (AvgIpc) is 3.12. The number of nitrogens with one attached hydrogen (secondary N) is 1. The summed E-state index contributed by atoms with van der Waals surface area (Å²) in [6.07, 6.45) is 0. The molecule has 0 aliphatic rings. The molecule has 4 rings (SSSR count). The molecule has 33 heavy (non-hydrogen) atoms. The lowest BCUT2D eigenvalue weighted by atomic mass is 10.0. The van der Waals surface area contributed by atoms with Crippen molar-refractivity contribution in [3.05, 3.63) is 101 Å². The molecule has 1 heterocycles. The first-order chi connectivity index (χ1) is 16.0.